The quantitative estimate of drug-likeness (QED) is 0.618. The normalized spacial score (nSPS) is 10.8. The second-order valence-electron chi connectivity index (χ2n) is 6.72. The van der Waals surface area contributed by atoms with Gasteiger partial charge in [-0.25, -0.2) is 0 Å². The SMILES string of the molecule is CN(CCOc1ccccc1)CC(=O)NC(c1ccccc1)c1ccccc1. The van der Waals surface area contributed by atoms with Crippen LogP contribution >= 0.6 is 0 Å². The van der Waals surface area contributed by atoms with Gasteiger partial charge in [0.15, 0.2) is 0 Å². The molecule has 0 saturated heterocycles. The van der Waals surface area contributed by atoms with Crippen molar-refractivity contribution in [2.75, 3.05) is 26.7 Å². The van der Waals surface area contributed by atoms with Crippen LogP contribution in [-0.2, 0) is 4.79 Å². The topological polar surface area (TPSA) is 41.6 Å². The average molecular weight is 374 g/mol. The molecule has 0 heterocycles. The Morgan fingerprint density at radius 2 is 1.36 bits per heavy atom. The molecule has 0 aliphatic carbocycles. The zero-order chi connectivity index (χ0) is 19.6. The molecule has 0 radical (unpaired) electrons. The molecule has 0 unspecified atom stereocenters. The first-order valence-electron chi connectivity index (χ1n) is 9.48. The molecule has 0 atom stereocenters. The lowest BCUT2D eigenvalue weighted by Gasteiger charge is -2.22. The number of likely N-dealkylation sites (N-methyl/N-ethyl adjacent to an activating group) is 1. The summed E-state index contributed by atoms with van der Waals surface area (Å²) in [6.07, 6.45) is 0. The van der Waals surface area contributed by atoms with E-state index in [0.29, 0.717) is 19.7 Å². The minimum Gasteiger partial charge on any atom is -0.492 e. The van der Waals surface area contributed by atoms with Gasteiger partial charge in [-0.05, 0) is 30.3 Å². The Hall–Kier alpha value is -3.11. The Morgan fingerprint density at radius 1 is 0.857 bits per heavy atom. The van der Waals surface area contributed by atoms with Crippen molar-refractivity contribution in [3.63, 3.8) is 0 Å². The lowest BCUT2D eigenvalue weighted by Crippen LogP contribution is -2.39. The number of rotatable bonds is 9. The van der Waals surface area contributed by atoms with Crippen LogP contribution in [0.25, 0.3) is 0 Å². The molecule has 1 amide bonds. The van der Waals surface area contributed by atoms with E-state index in [1.807, 2.05) is 103 Å². The molecule has 144 valence electrons. The number of carbonyl (C=O) groups is 1. The summed E-state index contributed by atoms with van der Waals surface area (Å²) in [6.45, 7) is 1.52. The number of carbonyl (C=O) groups excluding carboxylic acids is 1. The number of para-hydroxylation sites is 1. The third kappa shape index (κ3) is 5.96. The zero-order valence-electron chi connectivity index (χ0n) is 16.1. The Morgan fingerprint density at radius 3 is 1.89 bits per heavy atom. The molecular weight excluding hydrogens is 348 g/mol. The maximum absolute atomic E-state index is 12.7. The molecule has 0 aliphatic rings. The molecule has 0 saturated carbocycles. The predicted octanol–water partition coefficient (Wildman–Crippen LogP) is 3.90. The fourth-order valence-corrected chi connectivity index (χ4v) is 3.02. The van der Waals surface area contributed by atoms with Gasteiger partial charge >= 0.3 is 0 Å². The van der Waals surface area contributed by atoms with Gasteiger partial charge in [0.25, 0.3) is 0 Å². The second kappa shape index (κ2) is 10.3. The summed E-state index contributed by atoms with van der Waals surface area (Å²) in [6, 6.07) is 29.6. The van der Waals surface area contributed by atoms with Crippen LogP contribution in [0.15, 0.2) is 91.0 Å². The van der Waals surface area contributed by atoms with Gasteiger partial charge in [0.1, 0.15) is 12.4 Å². The lowest BCUT2D eigenvalue weighted by molar-refractivity contribution is -0.122. The maximum atomic E-state index is 12.7. The third-order valence-corrected chi connectivity index (χ3v) is 4.47. The van der Waals surface area contributed by atoms with E-state index in [9.17, 15) is 4.79 Å². The van der Waals surface area contributed by atoms with E-state index < -0.39 is 0 Å². The minimum absolute atomic E-state index is 0.0140. The molecule has 0 fully saturated rings. The van der Waals surface area contributed by atoms with Crippen molar-refractivity contribution in [2.24, 2.45) is 0 Å². The van der Waals surface area contributed by atoms with Gasteiger partial charge in [0.2, 0.25) is 5.91 Å². The first-order valence-corrected chi connectivity index (χ1v) is 9.48. The van der Waals surface area contributed by atoms with Crippen LogP contribution in [0, 0.1) is 0 Å². The van der Waals surface area contributed by atoms with E-state index in [2.05, 4.69) is 5.32 Å². The Balaban J connectivity index is 1.55. The van der Waals surface area contributed by atoms with E-state index >= 15 is 0 Å². The number of nitrogens with one attached hydrogen (secondary N) is 1. The molecule has 3 rings (SSSR count). The number of amides is 1. The summed E-state index contributed by atoms with van der Waals surface area (Å²) in [5.74, 6) is 0.827. The first kappa shape index (κ1) is 19.6. The monoisotopic (exact) mass is 374 g/mol. The highest BCUT2D eigenvalue weighted by Gasteiger charge is 2.17. The molecule has 0 aliphatic heterocycles. The van der Waals surface area contributed by atoms with E-state index in [4.69, 9.17) is 4.74 Å². The van der Waals surface area contributed by atoms with Gasteiger partial charge in [0, 0.05) is 6.54 Å². The van der Waals surface area contributed by atoms with E-state index in [1.165, 1.54) is 0 Å². The standard InChI is InChI=1S/C24H26N2O2/c1-26(17-18-28-22-15-9-4-10-16-22)19-23(27)25-24(20-11-5-2-6-12-20)21-13-7-3-8-14-21/h2-16,24H,17-19H2,1H3,(H,25,27). The van der Waals surface area contributed by atoms with Crippen molar-refractivity contribution in [3.8, 4) is 5.75 Å². The highest BCUT2D eigenvalue weighted by molar-refractivity contribution is 5.79. The molecule has 3 aromatic carbocycles. The Bertz CT molecular complexity index is 799. The molecule has 4 heteroatoms. The summed E-state index contributed by atoms with van der Waals surface area (Å²) in [4.78, 5) is 14.6. The molecular formula is C24H26N2O2. The summed E-state index contributed by atoms with van der Waals surface area (Å²) in [7, 11) is 1.92. The van der Waals surface area contributed by atoms with Crippen molar-refractivity contribution in [1.82, 2.24) is 10.2 Å². The fraction of sp³-hybridized carbons (Fsp3) is 0.208. The van der Waals surface area contributed by atoms with Gasteiger partial charge in [-0.15, -0.1) is 0 Å². The van der Waals surface area contributed by atoms with E-state index in [-0.39, 0.29) is 11.9 Å². The van der Waals surface area contributed by atoms with Crippen LogP contribution in [-0.4, -0.2) is 37.6 Å². The van der Waals surface area contributed by atoms with Crippen LogP contribution in [0.5, 0.6) is 5.75 Å². The van der Waals surface area contributed by atoms with Crippen LogP contribution in [0.2, 0.25) is 0 Å². The summed E-state index contributed by atoms with van der Waals surface area (Å²) in [5.41, 5.74) is 2.13. The summed E-state index contributed by atoms with van der Waals surface area (Å²) in [5, 5.41) is 3.17. The molecule has 0 aromatic heterocycles. The van der Waals surface area contributed by atoms with E-state index in [1.54, 1.807) is 0 Å². The minimum atomic E-state index is -0.163. The molecule has 28 heavy (non-hydrogen) atoms. The third-order valence-electron chi connectivity index (χ3n) is 4.47. The zero-order valence-corrected chi connectivity index (χ0v) is 16.1. The molecule has 4 nitrogen and oxygen atoms in total. The largest absolute Gasteiger partial charge is 0.492 e. The summed E-state index contributed by atoms with van der Waals surface area (Å²) >= 11 is 0. The van der Waals surface area contributed by atoms with Gasteiger partial charge in [-0.3, -0.25) is 9.69 Å². The van der Waals surface area contributed by atoms with Crippen molar-refractivity contribution >= 4 is 5.91 Å². The van der Waals surface area contributed by atoms with Crippen molar-refractivity contribution in [1.29, 1.82) is 0 Å². The smallest absolute Gasteiger partial charge is 0.234 e. The fourth-order valence-electron chi connectivity index (χ4n) is 3.02. The maximum Gasteiger partial charge on any atom is 0.234 e. The Labute approximate surface area is 166 Å². The number of hydrogen-bond donors (Lipinski definition) is 1. The molecule has 1 N–H and O–H groups in total. The van der Waals surface area contributed by atoms with Gasteiger partial charge < -0.3 is 10.1 Å². The molecule has 3 aromatic rings. The van der Waals surface area contributed by atoms with Crippen LogP contribution in [0.4, 0.5) is 0 Å². The first-order chi connectivity index (χ1) is 13.7. The van der Waals surface area contributed by atoms with Crippen molar-refractivity contribution < 1.29 is 9.53 Å². The number of ether oxygens (including phenoxy) is 1. The van der Waals surface area contributed by atoms with Crippen LogP contribution < -0.4 is 10.1 Å². The lowest BCUT2D eigenvalue weighted by atomic mass is 9.99. The van der Waals surface area contributed by atoms with Crippen LogP contribution in [0.3, 0.4) is 0 Å². The van der Waals surface area contributed by atoms with Crippen LogP contribution in [0.1, 0.15) is 17.2 Å². The highest BCUT2D eigenvalue weighted by atomic mass is 16.5. The number of nitrogens with zero attached hydrogens (tertiary/aromatic N) is 1. The van der Waals surface area contributed by atoms with Crippen molar-refractivity contribution in [3.05, 3.63) is 102 Å². The molecule has 0 bridgehead atoms. The molecule has 0 spiro atoms. The summed E-state index contributed by atoms with van der Waals surface area (Å²) < 4.78 is 5.70. The average Bonchev–Trinajstić information content (AvgIpc) is 2.74. The highest BCUT2D eigenvalue weighted by Crippen LogP contribution is 2.21. The van der Waals surface area contributed by atoms with E-state index in [0.717, 1.165) is 16.9 Å². The number of hydrogen-bond acceptors (Lipinski definition) is 3. The Kier molecular flexibility index (Phi) is 7.21. The van der Waals surface area contributed by atoms with Gasteiger partial charge in [-0.2, -0.15) is 0 Å². The van der Waals surface area contributed by atoms with Gasteiger partial charge in [0.05, 0.1) is 12.6 Å². The second-order valence-corrected chi connectivity index (χ2v) is 6.72. The van der Waals surface area contributed by atoms with Gasteiger partial charge in [-0.1, -0.05) is 78.9 Å². The van der Waals surface area contributed by atoms with Crippen molar-refractivity contribution in [2.45, 2.75) is 6.04 Å². The number of benzene rings is 3. The predicted molar refractivity (Wildman–Crippen MR) is 112 cm³/mol.